The van der Waals surface area contributed by atoms with Crippen LogP contribution in [0.4, 0.5) is 0 Å². The van der Waals surface area contributed by atoms with Gasteiger partial charge in [0.1, 0.15) is 5.75 Å². The van der Waals surface area contributed by atoms with Crippen molar-refractivity contribution < 1.29 is 14.3 Å². The van der Waals surface area contributed by atoms with E-state index in [4.69, 9.17) is 9.47 Å². The SMILES string of the molecule is COc1ccc(-c2nnc(SCC(=O)N3C[C@@H](C)O[C@H](C)C3)n2-c2ccccc2C(C)C)cc1. The molecule has 1 aliphatic heterocycles. The first kappa shape index (κ1) is 24.3. The molecule has 2 heterocycles. The van der Waals surface area contributed by atoms with Crippen molar-refractivity contribution in [2.75, 3.05) is 26.0 Å². The molecule has 1 amide bonds. The Bertz CT molecular complexity index is 1120. The van der Waals surface area contributed by atoms with Gasteiger partial charge in [0.25, 0.3) is 0 Å². The predicted octanol–water partition coefficient (Wildman–Crippen LogP) is 4.79. The van der Waals surface area contributed by atoms with E-state index in [0.717, 1.165) is 22.8 Å². The summed E-state index contributed by atoms with van der Waals surface area (Å²) in [5.74, 6) is 2.22. The molecule has 3 aromatic rings. The summed E-state index contributed by atoms with van der Waals surface area (Å²) in [6.07, 6.45) is 0.0851. The lowest BCUT2D eigenvalue weighted by Crippen LogP contribution is -2.48. The molecule has 1 saturated heterocycles. The van der Waals surface area contributed by atoms with Crippen LogP contribution in [0.3, 0.4) is 0 Å². The lowest BCUT2D eigenvalue weighted by Gasteiger charge is -2.35. The van der Waals surface area contributed by atoms with Crippen LogP contribution < -0.4 is 4.74 Å². The summed E-state index contributed by atoms with van der Waals surface area (Å²) in [6.45, 7) is 9.58. The Hall–Kier alpha value is -2.84. The van der Waals surface area contributed by atoms with E-state index in [2.05, 4.69) is 40.7 Å². The zero-order valence-corrected chi connectivity index (χ0v) is 21.2. The third-order valence-electron chi connectivity index (χ3n) is 5.88. The molecule has 1 aromatic heterocycles. The quantitative estimate of drug-likeness (QED) is 0.453. The number of hydrogen-bond donors (Lipinski definition) is 0. The van der Waals surface area contributed by atoms with Gasteiger partial charge in [0.15, 0.2) is 11.0 Å². The standard InChI is InChI=1S/C26H32N4O3S/c1-17(2)22-8-6-7-9-23(22)30-25(20-10-12-21(32-5)13-11-20)27-28-26(30)34-16-24(31)29-14-18(3)33-19(4)15-29/h6-13,17-19H,14-16H2,1-5H3/t18-,19-/m1/s1. The van der Waals surface area contributed by atoms with Gasteiger partial charge in [0.05, 0.1) is 30.8 Å². The molecule has 1 aliphatic rings. The number of amides is 1. The Morgan fingerprint density at radius 2 is 1.76 bits per heavy atom. The number of nitrogens with zero attached hydrogens (tertiary/aromatic N) is 4. The number of carbonyl (C=O) groups is 1. The molecule has 0 saturated carbocycles. The number of rotatable bonds is 7. The van der Waals surface area contributed by atoms with Crippen LogP contribution in [-0.2, 0) is 9.53 Å². The molecular formula is C26H32N4O3S. The van der Waals surface area contributed by atoms with E-state index in [1.807, 2.05) is 55.1 Å². The monoisotopic (exact) mass is 480 g/mol. The third kappa shape index (κ3) is 5.28. The van der Waals surface area contributed by atoms with Crippen molar-refractivity contribution in [2.45, 2.75) is 51.0 Å². The Morgan fingerprint density at radius 3 is 2.41 bits per heavy atom. The lowest BCUT2D eigenvalue weighted by molar-refractivity contribution is -0.140. The second-order valence-electron chi connectivity index (χ2n) is 8.93. The van der Waals surface area contributed by atoms with Gasteiger partial charge in [-0.2, -0.15) is 0 Å². The van der Waals surface area contributed by atoms with Crippen molar-refractivity contribution in [1.82, 2.24) is 19.7 Å². The summed E-state index contributed by atoms with van der Waals surface area (Å²) in [4.78, 5) is 14.9. The van der Waals surface area contributed by atoms with Crippen molar-refractivity contribution in [3.05, 3.63) is 54.1 Å². The molecule has 0 N–H and O–H groups in total. The van der Waals surface area contributed by atoms with Gasteiger partial charge in [-0.15, -0.1) is 10.2 Å². The van der Waals surface area contributed by atoms with Gasteiger partial charge in [-0.25, -0.2) is 0 Å². The van der Waals surface area contributed by atoms with Gasteiger partial charge in [-0.3, -0.25) is 9.36 Å². The number of thioether (sulfide) groups is 1. The maximum absolute atomic E-state index is 13.0. The molecule has 1 fully saturated rings. The minimum Gasteiger partial charge on any atom is -0.497 e. The molecule has 4 rings (SSSR count). The van der Waals surface area contributed by atoms with Gasteiger partial charge in [0, 0.05) is 18.7 Å². The van der Waals surface area contributed by atoms with Crippen LogP contribution >= 0.6 is 11.8 Å². The Kier molecular flexibility index (Phi) is 7.58. The highest BCUT2D eigenvalue weighted by Gasteiger charge is 2.27. The van der Waals surface area contributed by atoms with Crippen molar-refractivity contribution in [3.8, 4) is 22.8 Å². The van der Waals surface area contributed by atoms with E-state index >= 15 is 0 Å². The molecule has 8 heteroatoms. The minimum atomic E-state index is 0.0425. The van der Waals surface area contributed by atoms with E-state index < -0.39 is 0 Å². The van der Waals surface area contributed by atoms with Crippen LogP contribution in [0.15, 0.2) is 53.7 Å². The van der Waals surface area contributed by atoms with Gasteiger partial charge in [0.2, 0.25) is 5.91 Å². The highest BCUT2D eigenvalue weighted by atomic mass is 32.2. The molecule has 0 radical (unpaired) electrons. The van der Waals surface area contributed by atoms with Crippen LogP contribution in [0.1, 0.15) is 39.2 Å². The zero-order valence-electron chi connectivity index (χ0n) is 20.4. The molecule has 2 aromatic carbocycles. The van der Waals surface area contributed by atoms with Crippen molar-refractivity contribution in [2.24, 2.45) is 0 Å². The van der Waals surface area contributed by atoms with E-state index in [1.165, 1.54) is 17.3 Å². The largest absolute Gasteiger partial charge is 0.497 e. The number of aromatic nitrogens is 3. The molecule has 180 valence electrons. The van der Waals surface area contributed by atoms with E-state index in [-0.39, 0.29) is 18.1 Å². The van der Waals surface area contributed by atoms with E-state index in [0.29, 0.717) is 29.9 Å². The number of morpholine rings is 1. The molecular weight excluding hydrogens is 448 g/mol. The topological polar surface area (TPSA) is 69.5 Å². The molecule has 0 unspecified atom stereocenters. The molecule has 2 atom stereocenters. The fourth-order valence-corrected chi connectivity index (χ4v) is 5.13. The normalized spacial score (nSPS) is 18.4. The maximum atomic E-state index is 13.0. The smallest absolute Gasteiger partial charge is 0.233 e. The summed E-state index contributed by atoms with van der Waals surface area (Å²) >= 11 is 1.42. The fraction of sp³-hybridized carbons (Fsp3) is 0.423. The second-order valence-corrected chi connectivity index (χ2v) is 9.87. The number of benzene rings is 2. The Morgan fingerprint density at radius 1 is 1.09 bits per heavy atom. The molecule has 0 spiro atoms. The minimum absolute atomic E-state index is 0.0425. The van der Waals surface area contributed by atoms with Gasteiger partial charge in [-0.1, -0.05) is 43.8 Å². The number of hydrogen-bond acceptors (Lipinski definition) is 6. The fourth-order valence-electron chi connectivity index (χ4n) is 4.29. The second kappa shape index (κ2) is 10.6. The lowest BCUT2D eigenvalue weighted by atomic mass is 10.0. The van der Waals surface area contributed by atoms with Gasteiger partial charge < -0.3 is 14.4 Å². The average Bonchev–Trinajstić information content (AvgIpc) is 3.25. The maximum Gasteiger partial charge on any atom is 0.233 e. The molecule has 34 heavy (non-hydrogen) atoms. The number of carbonyl (C=O) groups excluding carboxylic acids is 1. The number of para-hydroxylation sites is 1. The zero-order chi connectivity index (χ0) is 24.2. The van der Waals surface area contributed by atoms with Crippen molar-refractivity contribution >= 4 is 17.7 Å². The average molecular weight is 481 g/mol. The predicted molar refractivity (Wildman–Crippen MR) is 135 cm³/mol. The highest BCUT2D eigenvalue weighted by molar-refractivity contribution is 7.99. The first-order valence-electron chi connectivity index (χ1n) is 11.6. The number of ether oxygens (including phenoxy) is 2. The van der Waals surface area contributed by atoms with E-state index in [9.17, 15) is 4.79 Å². The Balaban J connectivity index is 1.67. The highest BCUT2D eigenvalue weighted by Crippen LogP contribution is 2.33. The summed E-state index contributed by atoms with van der Waals surface area (Å²) < 4.78 is 13.2. The van der Waals surface area contributed by atoms with Crippen LogP contribution in [0.25, 0.3) is 17.1 Å². The summed E-state index contributed by atoms with van der Waals surface area (Å²) in [6, 6.07) is 16.1. The first-order valence-corrected chi connectivity index (χ1v) is 12.6. The van der Waals surface area contributed by atoms with Crippen LogP contribution in [0.2, 0.25) is 0 Å². The van der Waals surface area contributed by atoms with Crippen LogP contribution in [0.5, 0.6) is 5.75 Å². The summed E-state index contributed by atoms with van der Waals surface area (Å²) in [5, 5.41) is 9.74. The Labute approximate surface area is 205 Å². The molecule has 0 aliphatic carbocycles. The van der Waals surface area contributed by atoms with Gasteiger partial charge in [-0.05, 0) is 55.7 Å². The van der Waals surface area contributed by atoms with Crippen molar-refractivity contribution in [3.63, 3.8) is 0 Å². The van der Waals surface area contributed by atoms with Crippen LogP contribution in [-0.4, -0.2) is 63.7 Å². The van der Waals surface area contributed by atoms with Crippen LogP contribution in [0, 0.1) is 0 Å². The number of methoxy groups -OCH3 is 1. The molecule has 7 nitrogen and oxygen atoms in total. The van der Waals surface area contributed by atoms with E-state index in [1.54, 1.807) is 7.11 Å². The van der Waals surface area contributed by atoms with Gasteiger partial charge >= 0.3 is 0 Å². The molecule has 0 bridgehead atoms. The summed E-state index contributed by atoms with van der Waals surface area (Å²) in [7, 11) is 1.65. The van der Waals surface area contributed by atoms with Crippen molar-refractivity contribution in [1.29, 1.82) is 0 Å². The summed E-state index contributed by atoms with van der Waals surface area (Å²) in [5.41, 5.74) is 3.15. The third-order valence-corrected chi connectivity index (χ3v) is 6.79. The first-order chi connectivity index (χ1) is 16.4.